The number of likely N-dealkylation sites (N-methyl/N-ethyl adjacent to an activating group) is 1. The first-order valence-electron chi connectivity index (χ1n) is 8.25. The number of anilines is 2. The molecule has 6 heteroatoms. The standard InChI is InChI=1S/C19H21F2N3O/c1-13-12-14(24-10-8-23(2)9-11-24)6-7-17(13)22-19(25)18-15(20)4-3-5-16(18)21/h3-7,12H,8-11H2,1-2H3,(H,22,25). The van der Waals surface area contributed by atoms with E-state index in [1.807, 2.05) is 19.1 Å². The van der Waals surface area contributed by atoms with Crippen LogP contribution in [0, 0.1) is 18.6 Å². The number of rotatable bonds is 3. The van der Waals surface area contributed by atoms with Crippen molar-refractivity contribution in [2.45, 2.75) is 6.92 Å². The van der Waals surface area contributed by atoms with Crippen molar-refractivity contribution < 1.29 is 13.6 Å². The van der Waals surface area contributed by atoms with Gasteiger partial charge in [0.25, 0.3) is 5.91 Å². The Morgan fingerprint density at radius 2 is 1.68 bits per heavy atom. The number of halogens is 2. The zero-order valence-electron chi connectivity index (χ0n) is 14.4. The molecule has 0 saturated carbocycles. The molecule has 25 heavy (non-hydrogen) atoms. The second-order valence-electron chi connectivity index (χ2n) is 6.34. The number of hydrogen-bond donors (Lipinski definition) is 1. The normalized spacial score (nSPS) is 15.3. The highest BCUT2D eigenvalue weighted by molar-refractivity contribution is 6.05. The lowest BCUT2D eigenvalue weighted by atomic mass is 10.1. The lowest BCUT2D eigenvalue weighted by Crippen LogP contribution is -2.44. The molecule has 1 amide bonds. The van der Waals surface area contributed by atoms with Gasteiger partial charge in [-0.25, -0.2) is 8.78 Å². The van der Waals surface area contributed by atoms with Gasteiger partial charge in [0.2, 0.25) is 0 Å². The third kappa shape index (κ3) is 3.79. The predicted octanol–water partition coefficient (Wildman–Crippen LogP) is 3.28. The summed E-state index contributed by atoms with van der Waals surface area (Å²) in [6, 6.07) is 9.06. The van der Waals surface area contributed by atoms with Crippen LogP contribution in [-0.4, -0.2) is 44.0 Å². The first kappa shape index (κ1) is 17.4. The summed E-state index contributed by atoms with van der Waals surface area (Å²) in [5, 5.41) is 2.60. The van der Waals surface area contributed by atoms with Gasteiger partial charge in [-0.05, 0) is 49.9 Å². The van der Waals surface area contributed by atoms with Crippen molar-refractivity contribution in [3.05, 3.63) is 59.2 Å². The number of carbonyl (C=O) groups is 1. The van der Waals surface area contributed by atoms with Crippen molar-refractivity contribution in [3.63, 3.8) is 0 Å². The summed E-state index contributed by atoms with van der Waals surface area (Å²) in [7, 11) is 2.10. The molecular weight excluding hydrogens is 324 g/mol. The Hall–Kier alpha value is -2.47. The fourth-order valence-electron chi connectivity index (χ4n) is 2.95. The van der Waals surface area contributed by atoms with E-state index in [0.717, 1.165) is 49.6 Å². The summed E-state index contributed by atoms with van der Waals surface area (Å²) in [4.78, 5) is 16.8. The quantitative estimate of drug-likeness (QED) is 0.927. The molecule has 2 aromatic carbocycles. The molecule has 0 unspecified atom stereocenters. The average Bonchev–Trinajstić information content (AvgIpc) is 2.57. The van der Waals surface area contributed by atoms with Gasteiger partial charge in [-0.15, -0.1) is 0 Å². The maximum absolute atomic E-state index is 13.7. The Morgan fingerprint density at radius 3 is 2.28 bits per heavy atom. The average molecular weight is 345 g/mol. The Bertz CT molecular complexity index is 766. The largest absolute Gasteiger partial charge is 0.369 e. The lowest BCUT2D eigenvalue weighted by molar-refractivity contribution is 0.101. The Balaban J connectivity index is 1.76. The maximum atomic E-state index is 13.7. The highest BCUT2D eigenvalue weighted by atomic mass is 19.1. The third-order valence-electron chi connectivity index (χ3n) is 4.52. The second kappa shape index (κ2) is 7.19. The van der Waals surface area contributed by atoms with Gasteiger partial charge in [0.1, 0.15) is 17.2 Å². The molecule has 1 aliphatic rings. The van der Waals surface area contributed by atoms with E-state index in [1.165, 1.54) is 6.07 Å². The zero-order valence-corrected chi connectivity index (χ0v) is 14.4. The fourth-order valence-corrected chi connectivity index (χ4v) is 2.95. The summed E-state index contributed by atoms with van der Waals surface area (Å²) >= 11 is 0. The molecule has 132 valence electrons. The topological polar surface area (TPSA) is 35.6 Å². The third-order valence-corrected chi connectivity index (χ3v) is 4.52. The fraction of sp³-hybridized carbons (Fsp3) is 0.316. The zero-order chi connectivity index (χ0) is 18.0. The minimum atomic E-state index is -0.871. The van der Waals surface area contributed by atoms with Crippen LogP contribution in [0.25, 0.3) is 0 Å². The van der Waals surface area contributed by atoms with E-state index in [4.69, 9.17) is 0 Å². The van der Waals surface area contributed by atoms with Gasteiger partial charge in [-0.1, -0.05) is 6.07 Å². The Labute approximate surface area is 146 Å². The maximum Gasteiger partial charge on any atom is 0.261 e. The molecule has 1 N–H and O–H groups in total. The minimum Gasteiger partial charge on any atom is -0.369 e. The number of nitrogens with one attached hydrogen (secondary N) is 1. The number of benzene rings is 2. The number of carbonyl (C=O) groups excluding carboxylic acids is 1. The molecule has 1 aliphatic heterocycles. The van der Waals surface area contributed by atoms with Gasteiger partial charge in [0.05, 0.1) is 0 Å². The molecule has 0 bridgehead atoms. The molecule has 2 aromatic rings. The number of piperazine rings is 1. The molecular formula is C19H21F2N3O. The van der Waals surface area contributed by atoms with Crippen molar-refractivity contribution in [1.29, 1.82) is 0 Å². The first-order valence-corrected chi connectivity index (χ1v) is 8.25. The smallest absolute Gasteiger partial charge is 0.261 e. The number of hydrogen-bond acceptors (Lipinski definition) is 3. The van der Waals surface area contributed by atoms with Crippen LogP contribution in [0.2, 0.25) is 0 Å². The summed E-state index contributed by atoms with van der Waals surface area (Å²) < 4.78 is 27.5. The van der Waals surface area contributed by atoms with E-state index in [-0.39, 0.29) is 0 Å². The van der Waals surface area contributed by atoms with Gasteiger partial charge in [-0.2, -0.15) is 0 Å². The number of amides is 1. The number of nitrogens with zero attached hydrogens (tertiary/aromatic N) is 2. The predicted molar refractivity (Wildman–Crippen MR) is 95.2 cm³/mol. The van der Waals surface area contributed by atoms with E-state index in [2.05, 4.69) is 22.2 Å². The molecule has 1 heterocycles. The van der Waals surface area contributed by atoms with E-state index >= 15 is 0 Å². The molecule has 1 saturated heterocycles. The van der Waals surface area contributed by atoms with Crippen molar-refractivity contribution >= 4 is 17.3 Å². The van der Waals surface area contributed by atoms with Gasteiger partial charge in [0.15, 0.2) is 0 Å². The van der Waals surface area contributed by atoms with Crippen molar-refractivity contribution in [2.75, 3.05) is 43.4 Å². The summed E-state index contributed by atoms with van der Waals surface area (Å²) in [6.07, 6.45) is 0. The van der Waals surface area contributed by atoms with Gasteiger partial charge >= 0.3 is 0 Å². The van der Waals surface area contributed by atoms with Crippen molar-refractivity contribution in [3.8, 4) is 0 Å². The Morgan fingerprint density at radius 1 is 1.04 bits per heavy atom. The minimum absolute atomic E-state index is 0.547. The monoisotopic (exact) mass is 345 g/mol. The van der Waals surface area contributed by atoms with Crippen LogP contribution < -0.4 is 10.2 Å². The summed E-state index contributed by atoms with van der Waals surface area (Å²) in [5.41, 5.74) is 1.91. The molecule has 4 nitrogen and oxygen atoms in total. The second-order valence-corrected chi connectivity index (χ2v) is 6.34. The van der Waals surface area contributed by atoms with Gasteiger partial charge in [-0.3, -0.25) is 4.79 Å². The van der Waals surface area contributed by atoms with Crippen LogP contribution in [0.5, 0.6) is 0 Å². The molecule has 1 fully saturated rings. The van der Waals surface area contributed by atoms with Gasteiger partial charge < -0.3 is 15.1 Å². The lowest BCUT2D eigenvalue weighted by Gasteiger charge is -2.34. The molecule has 0 spiro atoms. The highest BCUT2D eigenvalue weighted by Crippen LogP contribution is 2.24. The van der Waals surface area contributed by atoms with Crippen LogP contribution in [0.1, 0.15) is 15.9 Å². The van der Waals surface area contributed by atoms with E-state index in [1.54, 1.807) is 6.07 Å². The first-order chi connectivity index (χ1) is 12.0. The van der Waals surface area contributed by atoms with Crippen LogP contribution >= 0.6 is 0 Å². The SMILES string of the molecule is Cc1cc(N2CCN(C)CC2)ccc1NC(=O)c1c(F)cccc1F. The molecule has 3 rings (SSSR count). The number of aryl methyl sites for hydroxylation is 1. The van der Waals surface area contributed by atoms with Crippen LogP contribution in [0.4, 0.5) is 20.2 Å². The Kier molecular flexibility index (Phi) is 4.99. The van der Waals surface area contributed by atoms with Crippen LogP contribution in [0.15, 0.2) is 36.4 Å². The van der Waals surface area contributed by atoms with Crippen molar-refractivity contribution in [1.82, 2.24) is 4.90 Å². The highest BCUT2D eigenvalue weighted by Gasteiger charge is 2.19. The van der Waals surface area contributed by atoms with E-state index in [9.17, 15) is 13.6 Å². The molecule has 0 aromatic heterocycles. The molecule has 0 atom stereocenters. The van der Waals surface area contributed by atoms with Gasteiger partial charge in [0, 0.05) is 37.6 Å². The summed E-state index contributed by atoms with van der Waals surface area (Å²) in [5.74, 6) is -2.53. The van der Waals surface area contributed by atoms with E-state index < -0.39 is 23.1 Å². The molecule has 0 radical (unpaired) electrons. The summed E-state index contributed by atoms with van der Waals surface area (Å²) in [6.45, 7) is 5.77. The van der Waals surface area contributed by atoms with Crippen LogP contribution in [-0.2, 0) is 0 Å². The van der Waals surface area contributed by atoms with Crippen LogP contribution in [0.3, 0.4) is 0 Å². The van der Waals surface area contributed by atoms with Crippen molar-refractivity contribution in [2.24, 2.45) is 0 Å². The van der Waals surface area contributed by atoms with E-state index in [0.29, 0.717) is 5.69 Å². The molecule has 0 aliphatic carbocycles.